The molecule has 1 aromatic rings. The van der Waals surface area contributed by atoms with Crippen LogP contribution in [0.5, 0.6) is 0 Å². The molecule has 1 saturated carbocycles. The van der Waals surface area contributed by atoms with Crippen LogP contribution >= 0.6 is 0 Å². The molecule has 2 rings (SSSR count). The van der Waals surface area contributed by atoms with E-state index in [2.05, 4.69) is 29.7 Å². The lowest BCUT2D eigenvalue weighted by molar-refractivity contribution is 0.0995. The van der Waals surface area contributed by atoms with Crippen molar-refractivity contribution in [1.29, 1.82) is 0 Å². The minimum atomic E-state index is -0.113. The molecule has 3 nitrogen and oxygen atoms in total. The summed E-state index contributed by atoms with van der Waals surface area (Å²) in [6.07, 6.45) is 7.74. The van der Waals surface area contributed by atoms with Gasteiger partial charge in [-0.25, -0.2) is 0 Å². The van der Waals surface area contributed by atoms with E-state index in [-0.39, 0.29) is 6.10 Å². The summed E-state index contributed by atoms with van der Waals surface area (Å²) >= 11 is 0. The Labute approximate surface area is 110 Å². The van der Waals surface area contributed by atoms with Gasteiger partial charge in [0.25, 0.3) is 0 Å². The monoisotopic (exact) mass is 250 g/mol. The van der Waals surface area contributed by atoms with E-state index in [1.54, 1.807) is 0 Å². The molecule has 1 aliphatic rings. The van der Waals surface area contributed by atoms with Gasteiger partial charge in [0.15, 0.2) is 0 Å². The van der Waals surface area contributed by atoms with Crippen molar-refractivity contribution >= 4 is 0 Å². The van der Waals surface area contributed by atoms with E-state index in [1.165, 1.54) is 30.7 Å². The third-order valence-electron chi connectivity index (χ3n) is 4.17. The van der Waals surface area contributed by atoms with E-state index >= 15 is 0 Å². The van der Waals surface area contributed by atoms with Gasteiger partial charge in [0.05, 0.1) is 11.8 Å². The molecule has 0 spiro atoms. The van der Waals surface area contributed by atoms with Crippen molar-refractivity contribution in [2.75, 3.05) is 0 Å². The molecule has 1 aliphatic carbocycles. The number of rotatable bonds is 4. The molecule has 0 amide bonds. The molecule has 1 N–H and O–H groups in total. The van der Waals surface area contributed by atoms with Gasteiger partial charge in [0, 0.05) is 12.2 Å². The number of hydrogen-bond donors (Lipinski definition) is 1. The largest absolute Gasteiger partial charge is 0.393 e. The van der Waals surface area contributed by atoms with Crippen molar-refractivity contribution in [3.05, 3.63) is 17.5 Å². The number of aliphatic hydroxyl groups excluding tert-OH is 1. The van der Waals surface area contributed by atoms with Gasteiger partial charge in [0.1, 0.15) is 0 Å². The summed E-state index contributed by atoms with van der Waals surface area (Å²) in [7, 11) is 0. The van der Waals surface area contributed by atoms with Crippen LogP contribution in [0.4, 0.5) is 0 Å². The smallest absolute Gasteiger partial charge is 0.0624 e. The topological polar surface area (TPSA) is 38.0 Å². The Kier molecular flexibility index (Phi) is 4.81. The van der Waals surface area contributed by atoms with Crippen LogP contribution in [0, 0.1) is 5.92 Å². The summed E-state index contributed by atoms with van der Waals surface area (Å²) in [5.41, 5.74) is 2.48. The first-order valence-electron chi connectivity index (χ1n) is 7.48. The highest BCUT2D eigenvalue weighted by Gasteiger charge is 2.23. The van der Waals surface area contributed by atoms with E-state index in [0.29, 0.717) is 5.92 Å². The first-order valence-corrected chi connectivity index (χ1v) is 7.48. The lowest BCUT2D eigenvalue weighted by Crippen LogP contribution is -2.22. The van der Waals surface area contributed by atoms with Crippen molar-refractivity contribution in [3.8, 4) is 0 Å². The van der Waals surface area contributed by atoms with E-state index in [0.717, 1.165) is 32.2 Å². The zero-order valence-corrected chi connectivity index (χ0v) is 11.7. The molecule has 0 bridgehead atoms. The van der Waals surface area contributed by atoms with Crippen molar-refractivity contribution in [2.45, 2.75) is 71.4 Å². The first kappa shape index (κ1) is 13.6. The van der Waals surface area contributed by atoms with Gasteiger partial charge in [-0.3, -0.25) is 4.68 Å². The molecular weight excluding hydrogens is 224 g/mol. The Bertz CT molecular complexity index is 373. The van der Waals surface area contributed by atoms with Gasteiger partial charge in [0.2, 0.25) is 0 Å². The normalized spacial score (nSPS) is 25.1. The summed E-state index contributed by atoms with van der Waals surface area (Å²) in [6.45, 7) is 5.21. The molecule has 1 aromatic heterocycles. The molecule has 1 fully saturated rings. The number of aryl methyl sites for hydroxylation is 2. The highest BCUT2D eigenvalue weighted by molar-refractivity contribution is 5.11. The predicted octanol–water partition coefficient (Wildman–Crippen LogP) is 2.95. The highest BCUT2D eigenvalue weighted by Crippen LogP contribution is 2.26. The van der Waals surface area contributed by atoms with Crippen LogP contribution in [0.15, 0.2) is 6.07 Å². The second-order valence-electron chi connectivity index (χ2n) is 5.47. The van der Waals surface area contributed by atoms with Crippen LogP contribution in [0.3, 0.4) is 0 Å². The number of aromatic nitrogens is 2. The summed E-state index contributed by atoms with van der Waals surface area (Å²) in [5.74, 6) is 0.430. The molecule has 0 aliphatic heterocycles. The fourth-order valence-corrected chi connectivity index (χ4v) is 3.00. The lowest BCUT2D eigenvalue weighted by atomic mass is 9.92. The molecule has 102 valence electrons. The quantitative estimate of drug-likeness (QED) is 0.834. The Hall–Kier alpha value is -0.830. The van der Waals surface area contributed by atoms with Crippen molar-refractivity contribution in [2.24, 2.45) is 5.92 Å². The van der Waals surface area contributed by atoms with Gasteiger partial charge in [-0.1, -0.05) is 26.2 Å². The maximum absolute atomic E-state index is 10.2. The molecule has 2 atom stereocenters. The summed E-state index contributed by atoms with van der Waals surface area (Å²) < 4.78 is 2.11. The molecule has 18 heavy (non-hydrogen) atoms. The zero-order chi connectivity index (χ0) is 13.0. The number of aliphatic hydroxyl groups is 1. The van der Waals surface area contributed by atoms with Crippen molar-refractivity contribution in [3.63, 3.8) is 0 Å². The molecule has 0 radical (unpaired) electrons. The standard InChI is InChI=1S/C15H26N2O/c1-3-13-11-14(17(4-2)16-13)10-12-8-6-5-7-9-15(12)18/h11-12,15,18H,3-10H2,1-2H3. The van der Waals surface area contributed by atoms with Crippen LogP contribution in [-0.4, -0.2) is 21.0 Å². The van der Waals surface area contributed by atoms with Gasteiger partial charge < -0.3 is 5.11 Å². The average Bonchev–Trinajstić information content (AvgIpc) is 2.67. The van der Waals surface area contributed by atoms with Crippen molar-refractivity contribution in [1.82, 2.24) is 9.78 Å². The second kappa shape index (κ2) is 6.37. The average molecular weight is 250 g/mol. The summed E-state index contributed by atoms with van der Waals surface area (Å²) in [6, 6.07) is 2.22. The lowest BCUT2D eigenvalue weighted by Gasteiger charge is -2.20. The molecule has 2 unspecified atom stereocenters. The third kappa shape index (κ3) is 3.14. The van der Waals surface area contributed by atoms with Crippen LogP contribution in [0.1, 0.15) is 57.3 Å². The maximum Gasteiger partial charge on any atom is 0.0624 e. The predicted molar refractivity (Wildman–Crippen MR) is 73.6 cm³/mol. The summed E-state index contributed by atoms with van der Waals surface area (Å²) in [5, 5.41) is 14.8. The molecule has 1 heterocycles. The molecule has 0 aromatic carbocycles. The maximum atomic E-state index is 10.2. The van der Waals surface area contributed by atoms with Crippen molar-refractivity contribution < 1.29 is 5.11 Å². The van der Waals surface area contributed by atoms with Gasteiger partial charge in [-0.05, 0) is 44.6 Å². The minimum absolute atomic E-state index is 0.113. The zero-order valence-electron chi connectivity index (χ0n) is 11.7. The Morgan fingerprint density at radius 1 is 1.28 bits per heavy atom. The van der Waals surface area contributed by atoms with Gasteiger partial charge in [-0.2, -0.15) is 5.10 Å². The molecular formula is C15H26N2O. The molecule has 0 saturated heterocycles. The summed E-state index contributed by atoms with van der Waals surface area (Å²) in [4.78, 5) is 0. The Morgan fingerprint density at radius 2 is 2.06 bits per heavy atom. The van der Waals surface area contributed by atoms with Crippen LogP contribution < -0.4 is 0 Å². The number of hydrogen-bond acceptors (Lipinski definition) is 2. The fourth-order valence-electron chi connectivity index (χ4n) is 3.00. The molecule has 3 heteroatoms. The Morgan fingerprint density at radius 3 is 2.78 bits per heavy atom. The van der Waals surface area contributed by atoms with Gasteiger partial charge in [-0.15, -0.1) is 0 Å². The van der Waals surface area contributed by atoms with E-state index in [9.17, 15) is 5.11 Å². The second-order valence-corrected chi connectivity index (χ2v) is 5.47. The van der Waals surface area contributed by atoms with Gasteiger partial charge >= 0.3 is 0 Å². The SMILES string of the molecule is CCc1cc(CC2CCCCCC2O)n(CC)n1. The van der Waals surface area contributed by atoms with Crippen LogP contribution in [-0.2, 0) is 19.4 Å². The number of nitrogens with zero attached hydrogens (tertiary/aromatic N) is 2. The van der Waals surface area contributed by atoms with E-state index in [1.807, 2.05) is 0 Å². The minimum Gasteiger partial charge on any atom is -0.393 e. The van der Waals surface area contributed by atoms with Crippen LogP contribution in [0.2, 0.25) is 0 Å². The van der Waals surface area contributed by atoms with E-state index in [4.69, 9.17) is 0 Å². The first-order chi connectivity index (χ1) is 8.74. The highest BCUT2D eigenvalue weighted by atomic mass is 16.3. The van der Waals surface area contributed by atoms with Crippen LogP contribution in [0.25, 0.3) is 0 Å². The fraction of sp³-hybridized carbons (Fsp3) is 0.800. The van der Waals surface area contributed by atoms with E-state index < -0.39 is 0 Å². The Balaban J connectivity index is 2.09. The third-order valence-corrected chi connectivity index (χ3v) is 4.17.